The summed E-state index contributed by atoms with van der Waals surface area (Å²) < 4.78 is 1.79. The lowest BCUT2D eigenvalue weighted by Crippen LogP contribution is -2.19. The summed E-state index contributed by atoms with van der Waals surface area (Å²) in [6.07, 6.45) is 5.48. The van der Waals surface area contributed by atoms with Gasteiger partial charge in [-0.3, -0.25) is 4.68 Å². The fourth-order valence-electron chi connectivity index (χ4n) is 2.23. The molecule has 0 radical (unpaired) electrons. The van der Waals surface area contributed by atoms with E-state index in [-0.39, 0.29) is 0 Å². The third-order valence-corrected chi connectivity index (χ3v) is 3.14. The lowest BCUT2D eigenvalue weighted by Gasteiger charge is -2.18. The van der Waals surface area contributed by atoms with Crippen molar-refractivity contribution >= 4 is 22.9 Å². The first-order valence-corrected chi connectivity index (χ1v) is 6.81. The van der Waals surface area contributed by atoms with Gasteiger partial charge in [0.2, 0.25) is 5.95 Å². The summed E-state index contributed by atoms with van der Waals surface area (Å²) in [5.74, 6) is 1.41. The highest BCUT2D eigenvalue weighted by atomic mass is 15.3. The van der Waals surface area contributed by atoms with Crippen molar-refractivity contribution < 1.29 is 0 Å². The fourth-order valence-corrected chi connectivity index (χ4v) is 2.23. The van der Waals surface area contributed by atoms with Crippen LogP contribution in [0.4, 0.5) is 11.8 Å². The molecule has 0 saturated heterocycles. The Hall–Kier alpha value is -2.64. The Morgan fingerprint density at radius 3 is 2.95 bits per heavy atom. The predicted molar refractivity (Wildman–Crippen MR) is 81.2 cm³/mol. The number of imidazole rings is 1. The maximum atomic E-state index is 4.57. The van der Waals surface area contributed by atoms with E-state index in [0.717, 1.165) is 23.4 Å². The van der Waals surface area contributed by atoms with Crippen LogP contribution in [0.3, 0.4) is 0 Å². The molecule has 0 atom stereocenters. The molecule has 0 fully saturated rings. The maximum absolute atomic E-state index is 4.57. The normalized spacial score (nSPS) is 11.0. The van der Waals surface area contributed by atoms with Crippen LogP contribution in [-0.4, -0.2) is 43.3 Å². The zero-order chi connectivity index (χ0) is 14.8. The Balaban J connectivity index is 1.95. The zero-order valence-electron chi connectivity index (χ0n) is 12.3. The first-order chi connectivity index (χ1) is 10.2. The van der Waals surface area contributed by atoms with E-state index in [4.69, 9.17) is 0 Å². The van der Waals surface area contributed by atoms with Crippen molar-refractivity contribution in [2.75, 3.05) is 23.8 Å². The van der Waals surface area contributed by atoms with Crippen molar-refractivity contribution in [1.29, 1.82) is 0 Å². The molecule has 0 unspecified atom stereocenters. The van der Waals surface area contributed by atoms with Gasteiger partial charge in [0.1, 0.15) is 5.52 Å². The number of fused-ring (bicyclic) bond motifs is 1. The number of H-pyrrole nitrogens is 1. The number of nitrogens with one attached hydrogen (secondary N) is 2. The van der Waals surface area contributed by atoms with E-state index in [1.165, 1.54) is 0 Å². The monoisotopic (exact) mass is 286 g/mol. The van der Waals surface area contributed by atoms with E-state index in [1.807, 2.05) is 33.4 Å². The van der Waals surface area contributed by atoms with Gasteiger partial charge in [0.05, 0.1) is 12.5 Å². The summed E-state index contributed by atoms with van der Waals surface area (Å²) in [7, 11) is 3.90. The summed E-state index contributed by atoms with van der Waals surface area (Å²) in [4.78, 5) is 18.3. The van der Waals surface area contributed by atoms with Crippen LogP contribution < -0.4 is 10.2 Å². The average molecular weight is 286 g/mol. The van der Waals surface area contributed by atoms with Gasteiger partial charge in [0, 0.05) is 38.9 Å². The van der Waals surface area contributed by atoms with Crippen LogP contribution in [0.2, 0.25) is 0 Å². The highest BCUT2D eigenvalue weighted by molar-refractivity contribution is 5.84. The number of aromatic nitrogens is 6. The molecule has 0 aromatic carbocycles. The summed E-state index contributed by atoms with van der Waals surface area (Å²) in [5, 5.41) is 7.32. The molecule has 3 rings (SSSR count). The van der Waals surface area contributed by atoms with Crippen molar-refractivity contribution in [3.63, 3.8) is 0 Å². The summed E-state index contributed by atoms with van der Waals surface area (Å²) in [6.45, 7) is 3.49. The van der Waals surface area contributed by atoms with Crippen LogP contribution in [0, 0.1) is 0 Å². The first kappa shape index (κ1) is 13.3. The molecule has 8 heteroatoms. The maximum Gasteiger partial charge on any atom is 0.226 e. The van der Waals surface area contributed by atoms with Crippen molar-refractivity contribution in [3.05, 3.63) is 24.3 Å². The van der Waals surface area contributed by atoms with E-state index < -0.39 is 0 Å². The first-order valence-electron chi connectivity index (χ1n) is 6.81. The molecule has 0 aliphatic carbocycles. The molecule has 8 nitrogen and oxygen atoms in total. The molecule has 0 saturated carbocycles. The molecule has 0 spiro atoms. The Kier molecular flexibility index (Phi) is 3.43. The molecule has 110 valence electrons. The van der Waals surface area contributed by atoms with E-state index >= 15 is 0 Å². The molecule has 0 aliphatic heterocycles. The van der Waals surface area contributed by atoms with Crippen LogP contribution in [0.25, 0.3) is 11.2 Å². The summed E-state index contributed by atoms with van der Waals surface area (Å²) >= 11 is 0. The van der Waals surface area contributed by atoms with Crippen LogP contribution >= 0.6 is 0 Å². The second-order valence-corrected chi connectivity index (χ2v) is 4.88. The number of aryl methyl sites for hydroxylation is 1. The third kappa shape index (κ3) is 2.64. The van der Waals surface area contributed by atoms with Gasteiger partial charge in [0.25, 0.3) is 0 Å². The second-order valence-electron chi connectivity index (χ2n) is 4.88. The van der Waals surface area contributed by atoms with Gasteiger partial charge >= 0.3 is 0 Å². The minimum absolute atomic E-state index is 0.588. The number of hydrogen-bond acceptors (Lipinski definition) is 6. The minimum Gasteiger partial charge on any atom is -0.354 e. The molecule has 0 aliphatic rings. The highest BCUT2D eigenvalue weighted by Crippen LogP contribution is 2.22. The van der Waals surface area contributed by atoms with Gasteiger partial charge < -0.3 is 15.2 Å². The standard InChI is InChI=1S/C13H18N8/c1-4-14-13-18-11-10(15-8-16-11)12(19-13)20(2)6-9-5-17-21(3)7-9/h5,7-8H,4,6H2,1-3H3,(H2,14,15,16,18,19). The zero-order valence-corrected chi connectivity index (χ0v) is 12.3. The quantitative estimate of drug-likeness (QED) is 0.731. The summed E-state index contributed by atoms with van der Waals surface area (Å²) in [5.41, 5.74) is 2.62. The topological polar surface area (TPSA) is 87.5 Å². The highest BCUT2D eigenvalue weighted by Gasteiger charge is 2.14. The Labute approximate surface area is 122 Å². The molecule has 3 aromatic heterocycles. The minimum atomic E-state index is 0.588. The Morgan fingerprint density at radius 1 is 1.38 bits per heavy atom. The molecule has 2 N–H and O–H groups in total. The SMILES string of the molecule is CCNc1nc(N(C)Cc2cnn(C)c2)c2[nH]cnc2n1. The Bertz CT molecular complexity index is 744. The molecule has 3 aromatic rings. The van der Waals surface area contributed by atoms with Gasteiger partial charge in [-0.1, -0.05) is 0 Å². The molecular formula is C13H18N8. The Morgan fingerprint density at radius 2 is 2.24 bits per heavy atom. The van der Waals surface area contributed by atoms with Crippen molar-refractivity contribution in [1.82, 2.24) is 29.7 Å². The average Bonchev–Trinajstić information content (AvgIpc) is 3.07. The van der Waals surface area contributed by atoms with Gasteiger partial charge in [-0.15, -0.1) is 0 Å². The number of nitrogens with zero attached hydrogens (tertiary/aromatic N) is 6. The van der Waals surface area contributed by atoms with Crippen LogP contribution in [-0.2, 0) is 13.6 Å². The number of anilines is 2. The molecule has 0 bridgehead atoms. The van der Waals surface area contributed by atoms with Crippen molar-refractivity contribution in [2.24, 2.45) is 7.05 Å². The summed E-state index contributed by atoms with van der Waals surface area (Å²) in [6, 6.07) is 0. The molecular weight excluding hydrogens is 268 g/mol. The van der Waals surface area contributed by atoms with Gasteiger partial charge in [-0.2, -0.15) is 15.1 Å². The lowest BCUT2D eigenvalue weighted by molar-refractivity contribution is 0.766. The van der Waals surface area contributed by atoms with E-state index in [1.54, 1.807) is 11.0 Å². The fraction of sp³-hybridized carbons (Fsp3) is 0.385. The lowest BCUT2D eigenvalue weighted by atomic mass is 10.3. The number of hydrogen-bond donors (Lipinski definition) is 2. The molecule has 21 heavy (non-hydrogen) atoms. The van der Waals surface area contributed by atoms with Gasteiger partial charge in [-0.05, 0) is 6.92 Å². The van der Waals surface area contributed by atoms with Crippen LogP contribution in [0.5, 0.6) is 0 Å². The van der Waals surface area contributed by atoms with Gasteiger partial charge in [-0.25, -0.2) is 4.98 Å². The van der Waals surface area contributed by atoms with Crippen molar-refractivity contribution in [3.8, 4) is 0 Å². The van der Waals surface area contributed by atoms with E-state index in [0.29, 0.717) is 18.1 Å². The molecule has 0 amide bonds. The smallest absolute Gasteiger partial charge is 0.226 e. The number of aromatic amines is 1. The van der Waals surface area contributed by atoms with Crippen LogP contribution in [0.1, 0.15) is 12.5 Å². The number of rotatable bonds is 5. The third-order valence-electron chi connectivity index (χ3n) is 3.14. The second kappa shape index (κ2) is 5.39. The largest absolute Gasteiger partial charge is 0.354 e. The van der Waals surface area contributed by atoms with Crippen LogP contribution in [0.15, 0.2) is 18.7 Å². The van der Waals surface area contributed by atoms with E-state index in [9.17, 15) is 0 Å². The van der Waals surface area contributed by atoms with E-state index in [2.05, 4.69) is 35.3 Å². The predicted octanol–water partition coefficient (Wildman–Crippen LogP) is 1.15. The molecule has 3 heterocycles. The van der Waals surface area contributed by atoms with Crippen molar-refractivity contribution in [2.45, 2.75) is 13.5 Å². The van der Waals surface area contributed by atoms with Gasteiger partial charge in [0.15, 0.2) is 11.5 Å².